The van der Waals surface area contributed by atoms with Crippen molar-refractivity contribution in [3.8, 4) is 0 Å². The van der Waals surface area contributed by atoms with E-state index in [1.807, 2.05) is 14.1 Å². The van der Waals surface area contributed by atoms with Crippen molar-refractivity contribution in [2.75, 3.05) is 27.7 Å². The number of hydrazine groups is 1. The zero-order chi connectivity index (χ0) is 5.86. The highest BCUT2D eigenvalue weighted by Crippen LogP contribution is 1.80. The van der Waals surface area contributed by atoms with Crippen LogP contribution < -0.4 is 0 Å². The van der Waals surface area contributed by atoms with E-state index >= 15 is 0 Å². The predicted molar refractivity (Wildman–Crippen MR) is 32.0 cm³/mol. The largest absolute Gasteiger partial charge is 0.248 e. The van der Waals surface area contributed by atoms with Crippen LogP contribution in [0.4, 0.5) is 0 Å². The summed E-state index contributed by atoms with van der Waals surface area (Å²) in [6.45, 7) is 3.20. The molecule has 44 valence electrons. The van der Waals surface area contributed by atoms with Gasteiger partial charge in [-0.3, -0.25) is 0 Å². The Morgan fingerprint density at radius 2 is 1.57 bits per heavy atom. The van der Waals surface area contributed by atoms with Crippen LogP contribution in [-0.4, -0.2) is 37.7 Å². The highest BCUT2D eigenvalue weighted by Gasteiger charge is 1.91. The third-order valence-corrected chi connectivity index (χ3v) is 1.14. The Kier molecular flexibility index (Phi) is 2.96. The van der Waals surface area contributed by atoms with Crippen molar-refractivity contribution < 1.29 is 0 Å². The lowest BCUT2D eigenvalue weighted by Crippen LogP contribution is -2.32. The summed E-state index contributed by atoms with van der Waals surface area (Å²) in [6, 6.07) is 0. The van der Waals surface area contributed by atoms with Gasteiger partial charge in [0.05, 0.1) is 0 Å². The Hall–Kier alpha value is -0.0800. The fraction of sp³-hybridized carbons (Fsp3) is 1.00. The summed E-state index contributed by atoms with van der Waals surface area (Å²) in [4.78, 5) is 0. The van der Waals surface area contributed by atoms with E-state index in [1.165, 1.54) is 0 Å². The fourth-order valence-corrected chi connectivity index (χ4v) is 0.283. The van der Waals surface area contributed by atoms with Gasteiger partial charge < -0.3 is 0 Å². The van der Waals surface area contributed by atoms with Gasteiger partial charge in [0.25, 0.3) is 0 Å². The first kappa shape index (κ1) is 6.92. The summed E-state index contributed by atoms with van der Waals surface area (Å²) >= 11 is 0. The summed E-state index contributed by atoms with van der Waals surface area (Å²) in [5.74, 6) is 0. The zero-order valence-corrected chi connectivity index (χ0v) is 5.60. The second kappa shape index (κ2) is 2.99. The molecular formula is C5H14N2. The Labute approximate surface area is 45.7 Å². The summed E-state index contributed by atoms with van der Waals surface area (Å²) in [7, 11) is 6.12. The number of hydrogen-bond donors (Lipinski definition) is 0. The lowest BCUT2D eigenvalue weighted by Gasteiger charge is -2.21. The molecule has 0 fully saturated rings. The van der Waals surface area contributed by atoms with Crippen LogP contribution in [0.15, 0.2) is 0 Å². The minimum absolute atomic E-state index is 1.08. The van der Waals surface area contributed by atoms with Crippen molar-refractivity contribution in [3.63, 3.8) is 0 Å². The molecule has 2 heteroatoms. The van der Waals surface area contributed by atoms with Crippen LogP contribution in [0.3, 0.4) is 0 Å². The highest BCUT2D eigenvalue weighted by atomic mass is 15.6. The maximum Gasteiger partial charge on any atom is 0.0101 e. The number of rotatable bonds is 2. The predicted octanol–water partition coefficient (Wildman–Crippen LogP) is 0.415. The lowest BCUT2D eigenvalue weighted by molar-refractivity contribution is 0.0629. The van der Waals surface area contributed by atoms with E-state index in [9.17, 15) is 0 Å². The van der Waals surface area contributed by atoms with Gasteiger partial charge in [-0.1, -0.05) is 6.92 Å². The molecule has 0 radical (unpaired) electrons. The molecule has 0 amide bonds. The van der Waals surface area contributed by atoms with E-state index < -0.39 is 0 Å². The first-order chi connectivity index (χ1) is 3.18. The molecule has 0 spiro atoms. The van der Waals surface area contributed by atoms with Gasteiger partial charge in [-0.05, 0) is 0 Å². The minimum atomic E-state index is 1.08. The van der Waals surface area contributed by atoms with Crippen molar-refractivity contribution in [2.45, 2.75) is 6.92 Å². The van der Waals surface area contributed by atoms with Crippen LogP contribution in [0.2, 0.25) is 0 Å². The molecule has 2 nitrogen and oxygen atoms in total. The molecule has 0 aliphatic heterocycles. The second-order valence-electron chi connectivity index (χ2n) is 1.82. The molecule has 0 bridgehead atoms. The Balaban J connectivity index is 3.14. The van der Waals surface area contributed by atoms with E-state index in [-0.39, 0.29) is 0 Å². The van der Waals surface area contributed by atoms with Crippen LogP contribution in [0.25, 0.3) is 0 Å². The van der Waals surface area contributed by atoms with Crippen LogP contribution in [0, 0.1) is 0 Å². The molecule has 0 N–H and O–H groups in total. The van der Waals surface area contributed by atoms with Crippen molar-refractivity contribution in [1.82, 2.24) is 10.0 Å². The number of hydrogen-bond acceptors (Lipinski definition) is 2. The van der Waals surface area contributed by atoms with E-state index in [4.69, 9.17) is 0 Å². The maximum absolute atomic E-state index is 2.12. The fourth-order valence-electron chi connectivity index (χ4n) is 0.283. The molecule has 0 aromatic carbocycles. The Morgan fingerprint density at radius 3 is 1.57 bits per heavy atom. The third-order valence-electron chi connectivity index (χ3n) is 1.14. The van der Waals surface area contributed by atoms with Gasteiger partial charge in [0.1, 0.15) is 0 Å². The molecular weight excluding hydrogens is 88.1 g/mol. The second-order valence-corrected chi connectivity index (χ2v) is 1.82. The number of nitrogens with zero attached hydrogens (tertiary/aromatic N) is 2. The molecule has 0 aliphatic carbocycles. The van der Waals surface area contributed by atoms with Crippen molar-refractivity contribution >= 4 is 0 Å². The van der Waals surface area contributed by atoms with Crippen molar-refractivity contribution in [1.29, 1.82) is 0 Å². The topological polar surface area (TPSA) is 6.48 Å². The highest BCUT2D eigenvalue weighted by molar-refractivity contribution is 4.32. The minimum Gasteiger partial charge on any atom is -0.248 e. The third kappa shape index (κ3) is 2.60. The molecule has 0 aromatic rings. The normalized spacial score (nSPS) is 11.1. The first-order valence-corrected chi connectivity index (χ1v) is 2.56. The van der Waals surface area contributed by atoms with Crippen molar-refractivity contribution in [3.05, 3.63) is 0 Å². The quantitative estimate of drug-likeness (QED) is 0.466. The molecule has 0 heterocycles. The molecule has 0 rings (SSSR count). The molecule has 0 saturated carbocycles. The summed E-state index contributed by atoms with van der Waals surface area (Å²) in [6.07, 6.45) is 0. The maximum atomic E-state index is 2.12. The van der Waals surface area contributed by atoms with E-state index in [1.54, 1.807) is 0 Å². The summed E-state index contributed by atoms with van der Waals surface area (Å²) in [5, 5.41) is 4.18. The average Bonchev–Trinajstić information content (AvgIpc) is 1.65. The molecule has 0 atom stereocenters. The van der Waals surface area contributed by atoms with Crippen LogP contribution in [0.5, 0.6) is 0 Å². The van der Waals surface area contributed by atoms with E-state index in [2.05, 4.69) is 24.0 Å². The molecule has 0 aliphatic rings. The average molecular weight is 102 g/mol. The Bertz CT molecular complexity index is 43.3. The van der Waals surface area contributed by atoms with Crippen LogP contribution in [-0.2, 0) is 0 Å². The van der Waals surface area contributed by atoms with Crippen LogP contribution in [0.1, 0.15) is 6.92 Å². The Morgan fingerprint density at radius 1 is 1.14 bits per heavy atom. The van der Waals surface area contributed by atoms with Gasteiger partial charge in [-0.25, -0.2) is 10.0 Å². The SMILES string of the molecule is CCN(C)N(C)C. The van der Waals surface area contributed by atoms with Crippen LogP contribution >= 0.6 is 0 Å². The van der Waals surface area contributed by atoms with Gasteiger partial charge in [-0.2, -0.15) is 0 Å². The molecule has 0 unspecified atom stereocenters. The van der Waals surface area contributed by atoms with Gasteiger partial charge in [0.2, 0.25) is 0 Å². The summed E-state index contributed by atoms with van der Waals surface area (Å²) in [5.41, 5.74) is 0. The molecule has 0 saturated heterocycles. The van der Waals surface area contributed by atoms with Crippen molar-refractivity contribution in [2.24, 2.45) is 0 Å². The molecule has 0 aromatic heterocycles. The molecule has 7 heavy (non-hydrogen) atoms. The van der Waals surface area contributed by atoms with Gasteiger partial charge in [0, 0.05) is 27.7 Å². The first-order valence-electron chi connectivity index (χ1n) is 2.56. The van der Waals surface area contributed by atoms with E-state index in [0.29, 0.717) is 0 Å². The van der Waals surface area contributed by atoms with Gasteiger partial charge >= 0.3 is 0 Å². The van der Waals surface area contributed by atoms with Gasteiger partial charge in [0.15, 0.2) is 0 Å². The van der Waals surface area contributed by atoms with Gasteiger partial charge in [-0.15, -0.1) is 0 Å². The zero-order valence-electron chi connectivity index (χ0n) is 5.60. The smallest absolute Gasteiger partial charge is 0.0101 e. The lowest BCUT2D eigenvalue weighted by atomic mass is 10.7. The monoisotopic (exact) mass is 102 g/mol. The standard InChI is InChI=1S/C5H14N2/c1-5-7(4)6(2)3/h5H2,1-4H3. The summed E-state index contributed by atoms with van der Waals surface area (Å²) < 4.78 is 0. The van der Waals surface area contributed by atoms with E-state index in [0.717, 1.165) is 6.54 Å².